The Labute approximate surface area is 313 Å². The number of pyridine rings is 2. The van der Waals surface area contributed by atoms with Crippen LogP contribution in [-0.2, 0) is 0 Å². The van der Waals surface area contributed by atoms with Gasteiger partial charge in [-0.1, -0.05) is 140 Å². The summed E-state index contributed by atoms with van der Waals surface area (Å²) in [5.41, 5.74) is 12.2. The smallest absolute Gasteiger partial charge is 0.161 e. The van der Waals surface area contributed by atoms with Gasteiger partial charge in [0.05, 0.1) is 22.6 Å². The van der Waals surface area contributed by atoms with E-state index in [0.29, 0.717) is 5.82 Å². The predicted octanol–water partition coefficient (Wildman–Crippen LogP) is 12.7. The van der Waals surface area contributed by atoms with Crippen LogP contribution < -0.4 is 0 Å². The number of hydrogen-bond acceptors (Lipinski definition) is 4. The van der Waals surface area contributed by atoms with Crippen LogP contribution in [0.3, 0.4) is 0 Å². The van der Waals surface area contributed by atoms with Crippen LogP contribution in [0.2, 0.25) is 0 Å². The Balaban J connectivity index is 1.18. The highest BCUT2D eigenvalue weighted by Crippen LogP contribution is 2.44. The molecule has 0 amide bonds. The number of nitrogens with zero attached hydrogens (tertiary/aromatic N) is 4. The Bertz CT molecular complexity index is 2940. The number of hydrogen-bond donors (Lipinski definition) is 0. The van der Waals surface area contributed by atoms with Gasteiger partial charge in [-0.15, -0.1) is 0 Å². The molecule has 10 rings (SSSR count). The van der Waals surface area contributed by atoms with Gasteiger partial charge in [0, 0.05) is 40.0 Å². The largest absolute Gasteiger partial charge is 0.256 e. The van der Waals surface area contributed by atoms with Gasteiger partial charge in [0.1, 0.15) is 0 Å². The Morgan fingerprint density at radius 1 is 0.315 bits per heavy atom. The molecule has 0 N–H and O–H groups in total. The molecule has 252 valence electrons. The highest BCUT2D eigenvalue weighted by Gasteiger charge is 2.18. The maximum absolute atomic E-state index is 5.24. The van der Waals surface area contributed by atoms with Crippen molar-refractivity contribution in [1.29, 1.82) is 0 Å². The van der Waals surface area contributed by atoms with Crippen LogP contribution in [0.15, 0.2) is 194 Å². The van der Waals surface area contributed by atoms with E-state index in [1.807, 2.05) is 48.8 Å². The SMILES string of the molecule is c1ccc(-c2c3ccccc3c(-c3cccc(-c4cc(-c5cccc(-c6ccccn6)c5)nc(-c5cnc6ccccc6c5)n4)c3)c3ccccc23)cc1. The number of aromatic nitrogens is 4. The third kappa shape index (κ3) is 5.67. The van der Waals surface area contributed by atoms with E-state index in [2.05, 4.69) is 151 Å². The van der Waals surface area contributed by atoms with E-state index in [-0.39, 0.29) is 0 Å². The minimum absolute atomic E-state index is 0.623. The second-order valence-electron chi connectivity index (χ2n) is 13.5. The van der Waals surface area contributed by atoms with Gasteiger partial charge in [0.2, 0.25) is 0 Å². The number of para-hydroxylation sites is 1. The van der Waals surface area contributed by atoms with Crippen molar-refractivity contribution in [3.8, 4) is 67.4 Å². The van der Waals surface area contributed by atoms with Gasteiger partial charge >= 0.3 is 0 Å². The van der Waals surface area contributed by atoms with Crippen molar-refractivity contribution in [3.05, 3.63) is 194 Å². The summed E-state index contributed by atoms with van der Waals surface area (Å²) in [7, 11) is 0. The number of rotatable bonds is 6. The molecule has 0 aliphatic carbocycles. The van der Waals surface area contributed by atoms with Crippen molar-refractivity contribution in [2.75, 3.05) is 0 Å². The van der Waals surface area contributed by atoms with Crippen LogP contribution >= 0.6 is 0 Å². The van der Waals surface area contributed by atoms with Crippen LogP contribution in [0.5, 0.6) is 0 Å². The summed E-state index contributed by atoms with van der Waals surface area (Å²) in [6.07, 6.45) is 3.70. The summed E-state index contributed by atoms with van der Waals surface area (Å²) in [6, 6.07) is 63.8. The molecule has 4 heteroatoms. The lowest BCUT2D eigenvalue weighted by Gasteiger charge is -2.18. The number of benzene rings is 7. The lowest BCUT2D eigenvalue weighted by Crippen LogP contribution is -1.97. The van der Waals surface area contributed by atoms with Crippen molar-refractivity contribution in [3.63, 3.8) is 0 Å². The van der Waals surface area contributed by atoms with Gasteiger partial charge in [-0.25, -0.2) is 9.97 Å². The minimum Gasteiger partial charge on any atom is -0.256 e. The van der Waals surface area contributed by atoms with Gasteiger partial charge in [0.15, 0.2) is 5.82 Å². The maximum Gasteiger partial charge on any atom is 0.161 e. The van der Waals surface area contributed by atoms with Crippen LogP contribution in [-0.4, -0.2) is 19.9 Å². The Morgan fingerprint density at radius 3 is 1.48 bits per heavy atom. The molecule has 10 aromatic rings. The summed E-state index contributed by atoms with van der Waals surface area (Å²) in [6.45, 7) is 0. The zero-order valence-electron chi connectivity index (χ0n) is 29.3. The molecule has 0 unspecified atom stereocenters. The van der Waals surface area contributed by atoms with E-state index in [1.165, 1.54) is 38.2 Å². The van der Waals surface area contributed by atoms with E-state index in [9.17, 15) is 0 Å². The van der Waals surface area contributed by atoms with Crippen molar-refractivity contribution in [1.82, 2.24) is 19.9 Å². The third-order valence-electron chi connectivity index (χ3n) is 10.1. The lowest BCUT2D eigenvalue weighted by atomic mass is 9.85. The first-order valence-electron chi connectivity index (χ1n) is 18.1. The van der Waals surface area contributed by atoms with Gasteiger partial charge in [0.25, 0.3) is 0 Å². The van der Waals surface area contributed by atoms with Crippen molar-refractivity contribution >= 4 is 32.4 Å². The summed E-state index contributed by atoms with van der Waals surface area (Å²) in [5, 5.41) is 5.93. The fourth-order valence-electron chi connectivity index (χ4n) is 7.63. The average Bonchev–Trinajstić information content (AvgIpc) is 3.26. The molecular formula is C50H32N4. The third-order valence-corrected chi connectivity index (χ3v) is 10.1. The zero-order chi connectivity index (χ0) is 35.8. The highest BCUT2D eigenvalue weighted by atomic mass is 14.9. The molecule has 3 heterocycles. The van der Waals surface area contributed by atoms with Crippen LogP contribution in [0.25, 0.3) is 99.9 Å². The van der Waals surface area contributed by atoms with Crippen LogP contribution in [0, 0.1) is 0 Å². The predicted molar refractivity (Wildman–Crippen MR) is 223 cm³/mol. The molecule has 0 aliphatic heterocycles. The van der Waals surface area contributed by atoms with Crippen LogP contribution in [0.4, 0.5) is 0 Å². The fraction of sp³-hybridized carbons (Fsp3) is 0. The molecule has 0 bridgehead atoms. The van der Waals surface area contributed by atoms with Crippen molar-refractivity contribution in [2.24, 2.45) is 0 Å². The first-order valence-corrected chi connectivity index (χ1v) is 18.1. The molecule has 0 saturated heterocycles. The van der Waals surface area contributed by atoms with E-state index in [4.69, 9.17) is 15.0 Å². The maximum atomic E-state index is 5.24. The van der Waals surface area contributed by atoms with Gasteiger partial charge in [-0.05, 0) is 86.3 Å². The molecule has 0 radical (unpaired) electrons. The standard InChI is InChI=1S/C50H32N4/c1-2-14-33(15-3-1)48-40-21-5-7-23-42(40)49(43-24-8-6-22-41(43)48)38-20-13-19-37(29-38)47-31-46(36-18-12-17-35(28-36)44-26-10-11-27-51-44)53-50(54-47)39-30-34-16-4-9-25-45(34)52-32-39/h1-32H. The Kier molecular flexibility index (Phi) is 7.77. The normalized spacial score (nSPS) is 11.3. The number of fused-ring (bicyclic) bond motifs is 3. The van der Waals surface area contributed by atoms with Crippen LogP contribution in [0.1, 0.15) is 0 Å². The molecular weight excluding hydrogens is 657 g/mol. The first kappa shape index (κ1) is 31.4. The summed E-state index contributed by atoms with van der Waals surface area (Å²) >= 11 is 0. The molecule has 0 atom stereocenters. The van der Waals surface area contributed by atoms with Gasteiger partial charge < -0.3 is 0 Å². The summed E-state index contributed by atoms with van der Waals surface area (Å²) in [4.78, 5) is 19.8. The van der Waals surface area contributed by atoms with E-state index < -0.39 is 0 Å². The monoisotopic (exact) mass is 688 g/mol. The molecule has 7 aromatic carbocycles. The van der Waals surface area contributed by atoms with Gasteiger partial charge in [-0.3, -0.25) is 9.97 Å². The topological polar surface area (TPSA) is 51.6 Å². The lowest BCUT2D eigenvalue weighted by molar-refractivity contribution is 1.18. The Hall–Kier alpha value is -7.30. The van der Waals surface area contributed by atoms with Crippen molar-refractivity contribution in [2.45, 2.75) is 0 Å². The molecule has 54 heavy (non-hydrogen) atoms. The summed E-state index contributed by atoms with van der Waals surface area (Å²) < 4.78 is 0. The molecule has 0 fully saturated rings. The van der Waals surface area contributed by atoms with Gasteiger partial charge in [-0.2, -0.15) is 0 Å². The van der Waals surface area contributed by atoms with E-state index in [0.717, 1.165) is 55.8 Å². The molecule has 3 aromatic heterocycles. The quantitative estimate of drug-likeness (QED) is 0.163. The fourth-order valence-corrected chi connectivity index (χ4v) is 7.63. The summed E-state index contributed by atoms with van der Waals surface area (Å²) in [5.74, 6) is 0.623. The highest BCUT2D eigenvalue weighted by molar-refractivity contribution is 6.21. The minimum atomic E-state index is 0.623. The average molecular weight is 689 g/mol. The second kappa shape index (κ2) is 13.4. The van der Waals surface area contributed by atoms with E-state index in [1.54, 1.807) is 0 Å². The molecule has 4 nitrogen and oxygen atoms in total. The Morgan fingerprint density at radius 2 is 0.833 bits per heavy atom. The molecule has 0 saturated carbocycles. The van der Waals surface area contributed by atoms with Crippen molar-refractivity contribution < 1.29 is 0 Å². The second-order valence-corrected chi connectivity index (χ2v) is 13.5. The molecule has 0 aliphatic rings. The zero-order valence-corrected chi connectivity index (χ0v) is 29.3. The molecule has 0 spiro atoms. The first-order chi connectivity index (χ1) is 26.8. The van der Waals surface area contributed by atoms with E-state index >= 15 is 0 Å².